The van der Waals surface area contributed by atoms with Crippen molar-refractivity contribution in [2.24, 2.45) is 0 Å². The van der Waals surface area contributed by atoms with Gasteiger partial charge in [-0.3, -0.25) is 0 Å². The maximum absolute atomic E-state index is 12.0. The van der Waals surface area contributed by atoms with Gasteiger partial charge in [-0.1, -0.05) is 30.4 Å². The van der Waals surface area contributed by atoms with E-state index < -0.39 is 5.60 Å². The molecule has 0 atom stereocenters. The van der Waals surface area contributed by atoms with Gasteiger partial charge >= 0.3 is 5.97 Å². The van der Waals surface area contributed by atoms with Crippen LogP contribution >= 0.6 is 0 Å². The van der Waals surface area contributed by atoms with Crippen LogP contribution in [-0.2, 0) is 4.74 Å². The van der Waals surface area contributed by atoms with Crippen LogP contribution in [0.15, 0.2) is 30.3 Å². The molecule has 0 aromatic heterocycles. The first-order valence-electron chi connectivity index (χ1n) is 6.07. The van der Waals surface area contributed by atoms with Crippen molar-refractivity contribution < 1.29 is 9.53 Å². The van der Waals surface area contributed by atoms with Gasteiger partial charge in [-0.2, -0.15) is 0 Å². The maximum atomic E-state index is 12.0. The summed E-state index contributed by atoms with van der Waals surface area (Å²) in [6.45, 7) is 6.36. The number of rotatable bonds is 4. The van der Waals surface area contributed by atoms with E-state index in [0.29, 0.717) is 5.56 Å². The summed E-state index contributed by atoms with van der Waals surface area (Å²) in [6.07, 6.45) is 3.90. The van der Waals surface area contributed by atoms with E-state index in [0.717, 1.165) is 12.1 Å². The summed E-state index contributed by atoms with van der Waals surface area (Å²) < 4.78 is 5.38. The summed E-state index contributed by atoms with van der Waals surface area (Å²) in [7, 11) is 1.88. The van der Waals surface area contributed by atoms with Crippen molar-refractivity contribution in [2.75, 3.05) is 13.6 Å². The van der Waals surface area contributed by atoms with Crippen LogP contribution in [0.1, 0.15) is 36.7 Å². The predicted octanol–water partition coefficient (Wildman–Crippen LogP) is 2.87. The fraction of sp³-hybridized carbons (Fsp3) is 0.400. The summed E-state index contributed by atoms with van der Waals surface area (Å²) in [6, 6.07) is 7.44. The molecule has 1 aromatic carbocycles. The van der Waals surface area contributed by atoms with Crippen LogP contribution in [-0.4, -0.2) is 25.2 Å². The quantitative estimate of drug-likeness (QED) is 0.831. The molecule has 98 valence electrons. The van der Waals surface area contributed by atoms with Gasteiger partial charge in [0.1, 0.15) is 5.60 Å². The van der Waals surface area contributed by atoms with Crippen LogP contribution in [0.25, 0.3) is 6.08 Å². The number of ether oxygens (including phenoxy) is 1. The Bertz CT molecular complexity index is 430. The van der Waals surface area contributed by atoms with Crippen molar-refractivity contribution in [1.29, 1.82) is 0 Å². The number of esters is 1. The molecule has 0 heterocycles. The van der Waals surface area contributed by atoms with Gasteiger partial charge in [-0.05, 0) is 39.4 Å². The number of carbonyl (C=O) groups is 1. The average Bonchev–Trinajstić information content (AvgIpc) is 2.27. The second kappa shape index (κ2) is 6.36. The van der Waals surface area contributed by atoms with Gasteiger partial charge in [0, 0.05) is 6.54 Å². The molecule has 0 aliphatic heterocycles. The first-order valence-corrected chi connectivity index (χ1v) is 6.07. The second-order valence-corrected chi connectivity index (χ2v) is 5.05. The van der Waals surface area contributed by atoms with Gasteiger partial charge in [-0.25, -0.2) is 4.79 Å². The molecule has 1 aromatic rings. The normalized spacial score (nSPS) is 11.8. The molecule has 18 heavy (non-hydrogen) atoms. The van der Waals surface area contributed by atoms with E-state index >= 15 is 0 Å². The van der Waals surface area contributed by atoms with Gasteiger partial charge in [-0.15, -0.1) is 0 Å². The average molecular weight is 247 g/mol. The lowest BCUT2D eigenvalue weighted by atomic mass is 10.1. The van der Waals surface area contributed by atoms with Crippen LogP contribution in [0, 0.1) is 0 Å². The zero-order valence-corrected chi connectivity index (χ0v) is 11.5. The fourth-order valence-electron chi connectivity index (χ4n) is 1.47. The lowest BCUT2D eigenvalue weighted by Crippen LogP contribution is -2.24. The summed E-state index contributed by atoms with van der Waals surface area (Å²) in [5, 5.41) is 3.02. The molecule has 1 N–H and O–H groups in total. The molecule has 3 nitrogen and oxygen atoms in total. The third-order valence-electron chi connectivity index (χ3n) is 2.20. The highest BCUT2D eigenvalue weighted by Crippen LogP contribution is 2.16. The summed E-state index contributed by atoms with van der Waals surface area (Å²) >= 11 is 0. The van der Waals surface area contributed by atoms with Crippen LogP contribution in [0.5, 0.6) is 0 Å². The highest BCUT2D eigenvalue weighted by molar-refractivity contribution is 5.93. The van der Waals surface area contributed by atoms with Crippen molar-refractivity contribution in [2.45, 2.75) is 26.4 Å². The number of carbonyl (C=O) groups excluding carboxylic acids is 1. The molecule has 1 rings (SSSR count). The van der Waals surface area contributed by atoms with E-state index in [1.165, 1.54) is 0 Å². The summed E-state index contributed by atoms with van der Waals surface area (Å²) in [4.78, 5) is 12.0. The van der Waals surface area contributed by atoms with Crippen molar-refractivity contribution >= 4 is 12.0 Å². The molecule has 0 saturated heterocycles. The molecule has 0 aliphatic carbocycles. The van der Waals surface area contributed by atoms with E-state index in [1.807, 2.05) is 58.2 Å². The zero-order valence-electron chi connectivity index (χ0n) is 11.5. The molecule has 0 saturated carbocycles. The van der Waals surface area contributed by atoms with Crippen molar-refractivity contribution in [3.63, 3.8) is 0 Å². The number of nitrogens with one attached hydrogen (secondary N) is 1. The van der Waals surface area contributed by atoms with Crippen LogP contribution in [0.2, 0.25) is 0 Å². The van der Waals surface area contributed by atoms with Gasteiger partial charge in [0.05, 0.1) is 5.56 Å². The van der Waals surface area contributed by atoms with Crippen molar-refractivity contribution in [1.82, 2.24) is 5.32 Å². The standard InChI is InChI=1S/C15H21NO2/c1-15(2,3)18-14(17)13-10-6-5-8-12(13)9-7-11-16-4/h5-10,16H,11H2,1-4H3. The first kappa shape index (κ1) is 14.5. The van der Waals surface area contributed by atoms with E-state index in [2.05, 4.69) is 5.32 Å². The topological polar surface area (TPSA) is 38.3 Å². The third kappa shape index (κ3) is 4.72. The van der Waals surface area contributed by atoms with Gasteiger partial charge in [0.25, 0.3) is 0 Å². The van der Waals surface area contributed by atoms with E-state index in [9.17, 15) is 4.79 Å². The van der Waals surface area contributed by atoms with Crippen LogP contribution in [0.3, 0.4) is 0 Å². The molecule has 0 aliphatic rings. The Morgan fingerprint density at radius 2 is 2.00 bits per heavy atom. The minimum atomic E-state index is -0.473. The Labute approximate surface area is 109 Å². The Kier molecular flexibility index (Phi) is 5.10. The monoisotopic (exact) mass is 247 g/mol. The Morgan fingerprint density at radius 1 is 1.33 bits per heavy atom. The van der Waals surface area contributed by atoms with E-state index in [1.54, 1.807) is 6.07 Å². The van der Waals surface area contributed by atoms with Gasteiger partial charge < -0.3 is 10.1 Å². The number of hydrogen-bond acceptors (Lipinski definition) is 3. The highest BCUT2D eigenvalue weighted by atomic mass is 16.6. The van der Waals surface area contributed by atoms with Crippen molar-refractivity contribution in [3.8, 4) is 0 Å². The predicted molar refractivity (Wildman–Crippen MR) is 74.6 cm³/mol. The first-order chi connectivity index (χ1) is 8.44. The molecule has 0 spiro atoms. The highest BCUT2D eigenvalue weighted by Gasteiger charge is 2.19. The van der Waals surface area contributed by atoms with Crippen LogP contribution in [0.4, 0.5) is 0 Å². The number of likely N-dealkylation sites (N-methyl/N-ethyl adjacent to an activating group) is 1. The van der Waals surface area contributed by atoms with E-state index in [4.69, 9.17) is 4.74 Å². The zero-order chi connectivity index (χ0) is 13.6. The Hall–Kier alpha value is -1.61. The third-order valence-corrected chi connectivity index (χ3v) is 2.20. The molecule has 0 unspecified atom stereocenters. The molecular formula is C15H21NO2. The minimum Gasteiger partial charge on any atom is -0.456 e. The SMILES string of the molecule is CNCC=Cc1ccccc1C(=O)OC(C)(C)C. The smallest absolute Gasteiger partial charge is 0.339 e. The largest absolute Gasteiger partial charge is 0.456 e. The molecule has 3 heteroatoms. The van der Waals surface area contributed by atoms with Gasteiger partial charge in [0.15, 0.2) is 0 Å². The summed E-state index contributed by atoms with van der Waals surface area (Å²) in [5.41, 5.74) is 1.00. The molecule has 0 fully saturated rings. The van der Waals surface area contributed by atoms with Crippen LogP contribution < -0.4 is 5.32 Å². The number of hydrogen-bond donors (Lipinski definition) is 1. The number of benzene rings is 1. The van der Waals surface area contributed by atoms with Crippen molar-refractivity contribution in [3.05, 3.63) is 41.5 Å². The maximum Gasteiger partial charge on any atom is 0.339 e. The molecule has 0 radical (unpaired) electrons. The molecule has 0 bridgehead atoms. The van der Waals surface area contributed by atoms with Gasteiger partial charge in [0.2, 0.25) is 0 Å². The molecular weight excluding hydrogens is 226 g/mol. The summed E-state index contributed by atoms with van der Waals surface area (Å²) in [5.74, 6) is -0.285. The Morgan fingerprint density at radius 3 is 2.61 bits per heavy atom. The Balaban J connectivity index is 2.91. The lowest BCUT2D eigenvalue weighted by Gasteiger charge is -2.20. The lowest BCUT2D eigenvalue weighted by molar-refractivity contribution is 0.00693. The molecule has 0 amide bonds. The van der Waals surface area contributed by atoms with E-state index in [-0.39, 0.29) is 5.97 Å². The fourth-order valence-corrected chi connectivity index (χ4v) is 1.47. The minimum absolute atomic E-state index is 0.285. The second-order valence-electron chi connectivity index (χ2n) is 5.05.